The maximum atomic E-state index is 13.1. The Bertz CT molecular complexity index is 1320. The number of methoxy groups -OCH3 is 1. The summed E-state index contributed by atoms with van der Waals surface area (Å²) in [6, 6.07) is 20.2. The predicted octanol–water partition coefficient (Wildman–Crippen LogP) is 5.74. The van der Waals surface area contributed by atoms with Gasteiger partial charge in [0.15, 0.2) is 10.9 Å². The number of hydrogen-bond donors (Lipinski definition) is 1. The van der Waals surface area contributed by atoms with Crippen LogP contribution in [0, 0.1) is 13.8 Å². The summed E-state index contributed by atoms with van der Waals surface area (Å²) < 4.78 is 11.4. The minimum Gasteiger partial charge on any atom is -0.497 e. The van der Waals surface area contributed by atoms with E-state index < -0.39 is 0 Å². The predicted molar refractivity (Wildman–Crippen MR) is 145 cm³/mol. The molecule has 3 aromatic carbocycles. The van der Waals surface area contributed by atoms with Crippen molar-refractivity contribution in [2.24, 2.45) is 0 Å². The van der Waals surface area contributed by atoms with E-state index >= 15 is 0 Å². The zero-order valence-corrected chi connectivity index (χ0v) is 21.2. The van der Waals surface area contributed by atoms with Gasteiger partial charge in [0.25, 0.3) is 11.8 Å². The molecule has 1 aliphatic rings. The number of nitrogens with one attached hydrogen (secondary N) is 1. The maximum Gasteiger partial charge on any atom is 0.270 e. The van der Waals surface area contributed by atoms with Gasteiger partial charge in [-0.1, -0.05) is 59.9 Å². The molecule has 0 atom stereocenters. The van der Waals surface area contributed by atoms with Gasteiger partial charge < -0.3 is 14.8 Å². The lowest BCUT2D eigenvalue weighted by Crippen LogP contribution is -2.27. The Balaban J connectivity index is 1.47. The molecule has 1 saturated heterocycles. The first-order chi connectivity index (χ1) is 16.9. The Morgan fingerprint density at radius 1 is 1.09 bits per heavy atom. The molecule has 0 aromatic heterocycles. The number of thioether (sulfide) groups is 1. The molecule has 6 nitrogen and oxygen atoms in total. The smallest absolute Gasteiger partial charge is 0.270 e. The lowest BCUT2D eigenvalue weighted by molar-refractivity contribution is -0.118. The van der Waals surface area contributed by atoms with Gasteiger partial charge in [-0.3, -0.25) is 14.5 Å². The van der Waals surface area contributed by atoms with Crippen LogP contribution in [0.5, 0.6) is 11.5 Å². The molecular formula is C27H24N2O4S2. The molecule has 0 saturated carbocycles. The van der Waals surface area contributed by atoms with E-state index in [1.165, 1.54) is 16.7 Å². The number of amides is 2. The molecule has 1 heterocycles. The van der Waals surface area contributed by atoms with Crippen molar-refractivity contribution in [3.8, 4) is 11.5 Å². The highest BCUT2D eigenvalue weighted by molar-refractivity contribution is 8.27. The van der Waals surface area contributed by atoms with Crippen LogP contribution in [0.25, 0.3) is 6.08 Å². The van der Waals surface area contributed by atoms with Gasteiger partial charge in [0.1, 0.15) is 11.5 Å². The Hall–Kier alpha value is -3.62. The van der Waals surface area contributed by atoms with Gasteiger partial charge >= 0.3 is 0 Å². The molecule has 3 aromatic rings. The van der Waals surface area contributed by atoms with Crippen LogP contribution in [0.15, 0.2) is 71.6 Å². The largest absolute Gasteiger partial charge is 0.497 e. The van der Waals surface area contributed by atoms with Gasteiger partial charge in [-0.05, 0) is 61.9 Å². The third-order valence-corrected chi connectivity index (χ3v) is 6.65. The van der Waals surface area contributed by atoms with Gasteiger partial charge in [-0.2, -0.15) is 0 Å². The number of anilines is 2. The third-order valence-electron chi connectivity index (χ3n) is 5.34. The molecule has 0 spiro atoms. The molecular weight excluding hydrogens is 480 g/mol. The Morgan fingerprint density at radius 3 is 2.54 bits per heavy atom. The van der Waals surface area contributed by atoms with Gasteiger partial charge in [-0.25, -0.2) is 0 Å². The Labute approximate surface area is 213 Å². The minimum atomic E-state index is -0.266. The zero-order chi connectivity index (χ0) is 24.9. The number of para-hydroxylation sites is 1. The van der Waals surface area contributed by atoms with E-state index in [9.17, 15) is 9.59 Å². The summed E-state index contributed by atoms with van der Waals surface area (Å²) in [4.78, 5) is 27.6. The standard InChI is InChI=1S/C27H24N2O4S2/c1-17-8-13-22(18(2)14-17)28-25(30)16-33-23-7-5-4-6-19(23)15-24-26(31)29(27(34)35-24)20-9-11-21(32-3)12-10-20/h4-15H,16H2,1-3H3,(H,28,30)/b24-15-. The van der Waals surface area contributed by atoms with E-state index in [2.05, 4.69) is 5.32 Å². The first-order valence-electron chi connectivity index (χ1n) is 10.9. The number of aryl methyl sites for hydroxylation is 2. The summed E-state index contributed by atoms with van der Waals surface area (Å²) in [6.45, 7) is 3.79. The van der Waals surface area contributed by atoms with Crippen LogP contribution in [0.2, 0.25) is 0 Å². The van der Waals surface area contributed by atoms with Crippen LogP contribution in [-0.2, 0) is 9.59 Å². The molecule has 1 aliphatic heterocycles. The molecule has 35 heavy (non-hydrogen) atoms. The fraction of sp³-hybridized carbons (Fsp3) is 0.148. The lowest BCUT2D eigenvalue weighted by atomic mass is 10.1. The van der Waals surface area contributed by atoms with E-state index in [-0.39, 0.29) is 18.4 Å². The Morgan fingerprint density at radius 2 is 1.83 bits per heavy atom. The van der Waals surface area contributed by atoms with Gasteiger partial charge in [0.05, 0.1) is 17.7 Å². The first-order valence-corrected chi connectivity index (χ1v) is 12.1. The van der Waals surface area contributed by atoms with Crippen molar-refractivity contribution in [2.75, 3.05) is 23.9 Å². The molecule has 1 fully saturated rings. The SMILES string of the molecule is COc1ccc(N2C(=O)/C(=C/c3ccccc3OCC(=O)Nc3ccc(C)cc3C)SC2=S)cc1. The summed E-state index contributed by atoms with van der Waals surface area (Å²) in [6.07, 6.45) is 1.74. The van der Waals surface area contributed by atoms with Crippen molar-refractivity contribution in [3.63, 3.8) is 0 Å². The highest BCUT2D eigenvalue weighted by Crippen LogP contribution is 2.37. The highest BCUT2D eigenvalue weighted by Gasteiger charge is 2.33. The lowest BCUT2D eigenvalue weighted by Gasteiger charge is -2.14. The average molecular weight is 505 g/mol. The van der Waals surface area contributed by atoms with Gasteiger partial charge in [0, 0.05) is 11.3 Å². The van der Waals surface area contributed by atoms with Crippen LogP contribution in [0.1, 0.15) is 16.7 Å². The monoisotopic (exact) mass is 504 g/mol. The Kier molecular flexibility index (Phi) is 7.53. The van der Waals surface area contributed by atoms with Gasteiger partial charge in [-0.15, -0.1) is 0 Å². The molecule has 0 aliphatic carbocycles. The molecule has 0 unspecified atom stereocenters. The van der Waals surface area contributed by atoms with Crippen molar-refractivity contribution >= 4 is 57.6 Å². The minimum absolute atomic E-state index is 0.162. The van der Waals surface area contributed by atoms with Crippen molar-refractivity contribution in [2.45, 2.75) is 13.8 Å². The summed E-state index contributed by atoms with van der Waals surface area (Å²) in [5.41, 5.74) is 4.21. The fourth-order valence-electron chi connectivity index (χ4n) is 3.58. The van der Waals surface area contributed by atoms with Crippen LogP contribution in [-0.4, -0.2) is 29.9 Å². The maximum absolute atomic E-state index is 13.1. The van der Waals surface area contributed by atoms with Crippen LogP contribution >= 0.6 is 24.0 Å². The van der Waals surface area contributed by atoms with Crippen LogP contribution in [0.3, 0.4) is 0 Å². The molecule has 4 rings (SSSR count). The molecule has 178 valence electrons. The van der Waals surface area contributed by atoms with Crippen molar-refractivity contribution in [1.29, 1.82) is 0 Å². The summed E-state index contributed by atoms with van der Waals surface area (Å²) >= 11 is 6.69. The van der Waals surface area contributed by atoms with Crippen molar-refractivity contribution in [1.82, 2.24) is 0 Å². The van der Waals surface area contributed by atoms with Crippen LogP contribution in [0.4, 0.5) is 11.4 Å². The first kappa shape index (κ1) is 24.5. The molecule has 8 heteroatoms. The molecule has 0 bridgehead atoms. The zero-order valence-electron chi connectivity index (χ0n) is 19.5. The normalized spacial score (nSPS) is 14.4. The second-order valence-electron chi connectivity index (χ2n) is 7.91. The molecule has 1 N–H and O–H groups in total. The molecule has 2 amide bonds. The van der Waals surface area contributed by atoms with E-state index in [0.717, 1.165) is 16.8 Å². The number of thiocarbonyl (C=S) groups is 1. The number of carbonyl (C=O) groups is 2. The summed E-state index contributed by atoms with van der Waals surface area (Å²) in [7, 11) is 1.59. The second-order valence-corrected chi connectivity index (χ2v) is 9.58. The number of benzene rings is 3. The number of rotatable bonds is 7. The van der Waals surface area contributed by atoms with E-state index in [4.69, 9.17) is 21.7 Å². The quantitative estimate of drug-likeness (QED) is 0.327. The topological polar surface area (TPSA) is 67.9 Å². The highest BCUT2D eigenvalue weighted by atomic mass is 32.2. The number of ether oxygens (including phenoxy) is 2. The number of carbonyl (C=O) groups excluding carboxylic acids is 2. The van der Waals surface area contributed by atoms with E-state index in [1.54, 1.807) is 43.5 Å². The van der Waals surface area contributed by atoms with Crippen molar-refractivity contribution < 1.29 is 19.1 Å². The van der Waals surface area contributed by atoms with E-state index in [0.29, 0.717) is 32.0 Å². The average Bonchev–Trinajstić information content (AvgIpc) is 3.13. The summed E-state index contributed by atoms with van der Waals surface area (Å²) in [5.74, 6) is 0.713. The number of hydrogen-bond acceptors (Lipinski definition) is 6. The second kappa shape index (κ2) is 10.8. The summed E-state index contributed by atoms with van der Waals surface area (Å²) in [5, 5.41) is 2.87. The fourth-order valence-corrected chi connectivity index (χ4v) is 4.87. The van der Waals surface area contributed by atoms with Crippen molar-refractivity contribution in [3.05, 3.63) is 88.3 Å². The van der Waals surface area contributed by atoms with Crippen LogP contribution < -0.4 is 19.7 Å². The molecule has 0 radical (unpaired) electrons. The number of nitrogens with zero attached hydrogens (tertiary/aromatic N) is 1. The van der Waals surface area contributed by atoms with E-state index in [1.807, 2.05) is 50.2 Å². The van der Waals surface area contributed by atoms with Gasteiger partial charge in [0.2, 0.25) is 0 Å². The third kappa shape index (κ3) is 5.72.